The normalized spacial score (nSPS) is 12.3. The number of hydrogen-bond acceptors (Lipinski definition) is 1. The molecule has 0 atom stereocenters. The fourth-order valence-electron chi connectivity index (χ4n) is 8.05. The van der Waals surface area contributed by atoms with Gasteiger partial charge >= 0.3 is 0 Å². The summed E-state index contributed by atoms with van der Waals surface area (Å²) in [5, 5.41) is 9.64. The molecule has 0 radical (unpaired) electrons. The van der Waals surface area contributed by atoms with Gasteiger partial charge in [0.05, 0.1) is 0 Å². The monoisotopic (exact) mass is 688 g/mol. The molecule has 9 aromatic carbocycles. The lowest BCUT2D eigenvalue weighted by Crippen LogP contribution is -2.26. The van der Waals surface area contributed by atoms with Gasteiger partial charge in [-0.1, -0.05) is 133 Å². The first-order valence-electron chi connectivity index (χ1n) is 18.7. The molecule has 54 heavy (non-hydrogen) atoms. The van der Waals surface area contributed by atoms with Gasteiger partial charge in [-0.2, -0.15) is 0 Å². The lowest BCUT2D eigenvalue weighted by Gasteiger charge is -2.14. The molecule has 0 saturated heterocycles. The predicted molar refractivity (Wildman–Crippen MR) is 228 cm³/mol. The molecule has 0 unspecified atom stereocenters. The standard InChI is InChI=1S/C53H36O/c54-53(51-31-47(43-21-17-35-9-1-5-13-39(35)25-43)29-48(32-51)44-22-18-36-10-2-6-14-40(36)26-44)52-33-49(45-23-19-37-11-3-7-15-41(37)27-45)30-50(34-52)46-24-20-38-12-4-8-16-42(38)28-46/h1-3,5-7,9-34H,4,8H2. The van der Waals surface area contributed by atoms with Gasteiger partial charge in [0.25, 0.3) is 0 Å². The predicted octanol–water partition coefficient (Wildman–Crippen LogP) is 12.4. The van der Waals surface area contributed by atoms with Crippen molar-refractivity contribution in [2.24, 2.45) is 0 Å². The summed E-state index contributed by atoms with van der Waals surface area (Å²) < 4.78 is 0. The Bertz CT molecular complexity index is 2980. The van der Waals surface area contributed by atoms with Gasteiger partial charge in [0.2, 0.25) is 0 Å². The smallest absolute Gasteiger partial charge is 0.193 e. The molecule has 0 N–H and O–H groups in total. The molecular formula is C53H36O. The van der Waals surface area contributed by atoms with Crippen molar-refractivity contribution in [3.05, 3.63) is 204 Å². The summed E-state index contributed by atoms with van der Waals surface area (Å²) in [7, 11) is 0. The number of fused-ring (bicyclic) bond motifs is 4. The van der Waals surface area contributed by atoms with Crippen molar-refractivity contribution in [3.63, 3.8) is 0 Å². The first-order valence-corrected chi connectivity index (χ1v) is 18.7. The highest BCUT2D eigenvalue weighted by Crippen LogP contribution is 2.35. The van der Waals surface area contributed by atoms with Gasteiger partial charge < -0.3 is 0 Å². The molecule has 1 nitrogen and oxygen atoms in total. The van der Waals surface area contributed by atoms with E-state index in [4.69, 9.17) is 0 Å². The Morgan fingerprint density at radius 1 is 0.296 bits per heavy atom. The van der Waals surface area contributed by atoms with E-state index in [1.54, 1.807) is 0 Å². The fourth-order valence-corrected chi connectivity index (χ4v) is 8.05. The van der Waals surface area contributed by atoms with Crippen LogP contribution < -0.4 is 10.4 Å². The topological polar surface area (TPSA) is 17.1 Å². The van der Waals surface area contributed by atoms with Crippen LogP contribution in [0.2, 0.25) is 0 Å². The third-order valence-corrected chi connectivity index (χ3v) is 11.0. The van der Waals surface area contributed by atoms with Crippen LogP contribution in [0.1, 0.15) is 28.8 Å². The maximum absolute atomic E-state index is 15.0. The molecule has 1 aliphatic rings. The van der Waals surface area contributed by atoms with Gasteiger partial charge in [-0.3, -0.25) is 4.79 Å². The molecule has 0 bridgehead atoms. The molecule has 0 aromatic heterocycles. The number of benzene rings is 9. The van der Waals surface area contributed by atoms with Crippen LogP contribution in [-0.4, -0.2) is 5.78 Å². The molecular weight excluding hydrogens is 653 g/mol. The van der Waals surface area contributed by atoms with Crippen LogP contribution in [0.25, 0.3) is 89.0 Å². The highest BCUT2D eigenvalue weighted by molar-refractivity contribution is 6.12. The average molecular weight is 689 g/mol. The highest BCUT2D eigenvalue weighted by atomic mass is 16.1. The van der Waals surface area contributed by atoms with E-state index in [9.17, 15) is 0 Å². The van der Waals surface area contributed by atoms with Crippen molar-refractivity contribution < 1.29 is 4.79 Å². The number of carbonyl (C=O) groups excluding carboxylic acids is 1. The Balaban J connectivity index is 1.16. The zero-order valence-corrected chi connectivity index (χ0v) is 29.8. The second-order valence-corrected chi connectivity index (χ2v) is 14.4. The van der Waals surface area contributed by atoms with Gasteiger partial charge in [-0.05, 0) is 161 Å². The van der Waals surface area contributed by atoms with Crippen molar-refractivity contribution in [1.29, 1.82) is 0 Å². The Morgan fingerprint density at radius 2 is 0.648 bits per heavy atom. The second kappa shape index (κ2) is 13.3. The molecule has 9 aromatic rings. The molecule has 0 heterocycles. The number of ketones is 1. The molecule has 254 valence electrons. The van der Waals surface area contributed by atoms with E-state index in [0.717, 1.165) is 57.3 Å². The van der Waals surface area contributed by atoms with Crippen LogP contribution >= 0.6 is 0 Å². The van der Waals surface area contributed by atoms with Crippen LogP contribution in [0.3, 0.4) is 0 Å². The maximum Gasteiger partial charge on any atom is 0.193 e. The Morgan fingerprint density at radius 3 is 1.07 bits per heavy atom. The van der Waals surface area contributed by atoms with Gasteiger partial charge in [0.1, 0.15) is 0 Å². The SMILES string of the molecule is O=C(c1cc(-c2ccc3c(c2)=CCCC=3)cc(-c2ccc3ccccc3c2)c1)c1cc(-c2ccc3ccccc3c2)cc(-c2ccc3ccccc3c2)c1. The number of rotatable bonds is 6. The van der Waals surface area contributed by atoms with Crippen molar-refractivity contribution in [2.45, 2.75) is 12.8 Å². The zero-order chi connectivity index (χ0) is 36.0. The summed E-state index contributed by atoms with van der Waals surface area (Å²) in [5.74, 6) is 0.00132. The second-order valence-electron chi connectivity index (χ2n) is 14.4. The fraction of sp³-hybridized carbons (Fsp3) is 0.0377. The highest BCUT2D eigenvalue weighted by Gasteiger charge is 2.17. The molecule has 0 amide bonds. The minimum atomic E-state index is 0.00132. The van der Waals surface area contributed by atoms with Crippen molar-refractivity contribution >= 4 is 50.3 Å². The molecule has 0 fully saturated rings. The minimum Gasteiger partial charge on any atom is -0.289 e. The van der Waals surface area contributed by atoms with Crippen LogP contribution in [0.5, 0.6) is 0 Å². The van der Waals surface area contributed by atoms with E-state index in [-0.39, 0.29) is 5.78 Å². The number of carbonyl (C=O) groups is 1. The van der Waals surface area contributed by atoms with Crippen molar-refractivity contribution in [1.82, 2.24) is 0 Å². The summed E-state index contributed by atoms with van der Waals surface area (Å²) >= 11 is 0. The molecule has 1 heteroatoms. The first-order chi connectivity index (χ1) is 26.6. The van der Waals surface area contributed by atoms with Gasteiger partial charge in [0.15, 0.2) is 5.78 Å². The van der Waals surface area contributed by atoms with Crippen LogP contribution in [0.15, 0.2) is 182 Å². The third kappa shape index (κ3) is 6.00. The zero-order valence-electron chi connectivity index (χ0n) is 29.8. The van der Waals surface area contributed by atoms with Crippen LogP contribution in [0.4, 0.5) is 0 Å². The van der Waals surface area contributed by atoms with E-state index in [0.29, 0.717) is 11.1 Å². The Labute approximate surface area is 314 Å². The first kappa shape index (κ1) is 31.9. The molecule has 1 aliphatic carbocycles. The average Bonchev–Trinajstić information content (AvgIpc) is 3.25. The van der Waals surface area contributed by atoms with E-state index in [2.05, 4.69) is 194 Å². The quantitative estimate of drug-likeness (QED) is 0.159. The maximum atomic E-state index is 15.0. The summed E-state index contributed by atoms with van der Waals surface area (Å²) in [4.78, 5) is 15.0. The lowest BCUT2D eigenvalue weighted by atomic mass is 9.89. The van der Waals surface area contributed by atoms with E-state index >= 15 is 4.79 Å². The summed E-state index contributed by atoms with van der Waals surface area (Å²) in [6, 6.07) is 64.4. The molecule has 0 saturated carbocycles. The van der Waals surface area contributed by atoms with Crippen molar-refractivity contribution in [2.75, 3.05) is 0 Å². The summed E-state index contributed by atoms with van der Waals surface area (Å²) in [6.45, 7) is 0. The summed E-state index contributed by atoms with van der Waals surface area (Å²) in [6.07, 6.45) is 6.76. The van der Waals surface area contributed by atoms with Gasteiger partial charge in [-0.25, -0.2) is 0 Å². The summed E-state index contributed by atoms with van der Waals surface area (Å²) in [5.41, 5.74) is 9.79. The Kier molecular flexibility index (Phi) is 7.85. The lowest BCUT2D eigenvalue weighted by molar-refractivity contribution is 0.103. The molecule has 0 spiro atoms. The van der Waals surface area contributed by atoms with E-state index in [1.807, 2.05) is 0 Å². The minimum absolute atomic E-state index is 0.00132. The number of hydrogen-bond donors (Lipinski definition) is 0. The van der Waals surface area contributed by atoms with Gasteiger partial charge in [0, 0.05) is 11.1 Å². The van der Waals surface area contributed by atoms with Gasteiger partial charge in [-0.15, -0.1) is 0 Å². The largest absolute Gasteiger partial charge is 0.289 e. The van der Waals surface area contributed by atoms with E-state index < -0.39 is 0 Å². The Hall–Kier alpha value is -6.83. The third-order valence-electron chi connectivity index (χ3n) is 11.0. The van der Waals surface area contributed by atoms with Crippen LogP contribution in [0, 0.1) is 0 Å². The van der Waals surface area contributed by atoms with Crippen molar-refractivity contribution in [3.8, 4) is 44.5 Å². The molecule has 0 aliphatic heterocycles. The van der Waals surface area contributed by atoms with Crippen LogP contribution in [-0.2, 0) is 0 Å². The molecule has 10 rings (SSSR count). The van der Waals surface area contributed by atoms with E-state index in [1.165, 1.54) is 42.8 Å².